The molecule has 1 atom stereocenters. The first-order chi connectivity index (χ1) is 7.32. The Morgan fingerprint density at radius 3 is 2.19 bits per heavy atom. The summed E-state index contributed by atoms with van der Waals surface area (Å²) in [5.41, 5.74) is 0. The smallest absolute Gasteiger partial charge is 0.366 e. The Balaban J connectivity index is 4.26. The van der Waals surface area contributed by atoms with E-state index in [0.717, 1.165) is 12.8 Å². The minimum Gasteiger partial charge on any atom is -0.390 e. The first-order valence-electron chi connectivity index (χ1n) is 5.15. The van der Waals surface area contributed by atoms with Crippen molar-refractivity contribution in [2.45, 2.75) is 43.3 Å². The molecule has 0 saturated heterocycles. The van der Waals surface area contributed by atoms with Gasteiger partial charge in [0.1, 0.15) is 0 Å². The van der Waals surface area contributed by atoms with Crippen LogP contribution >= 0.6 is 34.8 Å². The highest BCUT2D eigenvalue weighted by molar-refractivity contribution is 6.75. The molecule has 1 unspecified atom stereocenters. The lowest BCUT2D eigenvalue weighted by Crippen LogP contribution is -2.28. The molecule has 0 aliphatic rings. The van der Waals surface area contributed by atoms with E-state index in [1.807, 2.05) is 13.8 Å². The van der Waals surface area contributed by atoms with Crippen molar-refractivity contribution in [1.82, 2.24) is 0 Å². The van der Waals surface area contributed by atoms with Crippen LogP contribution in [0.1, 0.15) is 39.5 Å². The van der Waals surface area contributed by atoms with E-state index in [1.165, 1.54) is 0 Å². The maximum atomic E-state index is 11.5. The van der Waals surface area contributed by atoms with Crippen LogP contribution in [0.5, 0.6) is 0 Å². The van der Waals surface area contributed by atoms with Crippen LogP contribution in [-0.2, 0) is 14.3 Å². The zero-order chi connectivity index (χ0) is 12.8. The lowest BCUT2D eigenvalue weighted by atomic mass is 10.00. The highest BCUT2D eigenvalue weighted by atomic mass is 35.6. The summed E-state index contributed by atoms with van der Waals surface area (Å²) in [4.78, 5) is 22.6. The Bertz CT molecular complexity index is 248. The molecule has 16 heavy (non-hydrogen) atoms. The number of hydrogen-bond acceptors (Lipinski definition) is 3. The van der Waals surface area contributed by atoms with Gasteiger partial charge < -0.3 is 4.74 Å². The SMILES string of the molecule is CCCCC(CC)C(=O)OC(=O)C(Cl)(Cl)Cl. The number of rotatable bonds is 5. The quantitative estimate of drug-likeness (QED) is 0.441. The lowest BCUT2D eigenvalue weighted by Gasteiger charge is -2.14. The number of carbonyl (C=O) groups is 2. The van der Waals surface area contributed by atoms with E-state index < -0.39 is 15.7 Å². The van der Waals surface area contributed by atoms with Gasteiger partial charge in [0.15, 0.2) is 0 Å². The van der Waals surface area contributed by atoms with Gasteiger partial charge >= 0.3 is 11.9 Å². The van der Waals surface area contributed by atoms with Crippen molar-refractivity contribution in [3.63, 3.8) is 0 Å². The van der Waals surface area contributed by atoms with Crippen molar-refractivity contribution >= 4 is 46.7 Å². The van der Waals surface area contributed by atoms with Crippen molar-refractivity contribution in [3.8, 4) is 0 Å². The number of ether oxygens (including phenoxy) is 1. The molecule has 0 saturated carbocycles. The summed E-state index contributed by atoms with van der Waals surface area (Å²) in [6, 6.07) is 0. The monoisotopic (exact) mass is 288 g/mol. The van der Waals surface area contributed by atoms with E-state index in [1.54, 1.807) is 0 Å². The Labute approximate surface area is 110 Å². The molecular formula is C10H15Cl3O3. The number of alkyl halides is 3. The summed E-state index contributed by atoms with van der Waals surface area (Å²) >= 11 is 15.9. The molecule has 0 aromatic heterocycles. The molecule has 0 heterocycles. The molecule has 0 rings (SSSR count). The minimum atomic E-state index is -2.20. The van der Waals surface area contributed by atoms with E-state index in [2.05, 4.69) is 4.74 Å². The molecule has 0 aromatic rings. The Morgan fingerprint density at radius 2 is 1.81 bits per heavy atom. The first kappa shape index (κ1) is 16.0. The summed E-state index contributed by atoms with van der Waals surface area (Å²) < 4.78 is 2.30. The second kappa shape index (κ2) is 7.36. The van der Waals surface area contributed by atoms with E-state index >= 15 is 0 Å². The number of carbonyl (C=O) groups excluding carboxylic acids is 2. The largest absolute Gasteiger partial charge is 0.390 e. The molecule has 0 aliphatic carbocycles. The van der Waals surface area contributed by atoms with Gasteiger partial charge in [-0.2, -0.15) is 0 Å². The fraction of sp³-hybridized carbons (Fsp3) is 0.800. The van der Waals surface area contributed by atoms with Crippen molar-refractivity contribution in [3.05, 3.63) is 0 Å². The Hall–Kier alpha value is 0.01000. The van der Waals surface area contributed by atoms with Gasteiger partial charge in [-0.25, -0.2) is 4.79 Å². The summed E-state index contributed by atoms with van der Waals surface area (Å²) in [6.45, 7) is 3.87. The molecule has 0 fully saturated rings. The average Bonchev–Trinajstić information content (AvgIpc) is 2.17. The van der Waals surface area contributed by atoms with Crippen LogP contribution in [0.2, 0.25) is 0 Å². The number of esters is 2. The van der Waals surface area contributed by atoms with Gasteiger partial charge in [-0.3, -0.25) is 4.79 Å². The van der Waals surface area contributed by atoms with Gasteiger partial charge in [-0.15, -0.1) is 0 Å². The van der Waals surface area contributed by atoms with E-state index in [4.69, 9.17) is 34.8 Å². The van der Waals surface area contributed by atoms with E-state index in [-0.39, 0.29) is 5.92 Å². The third kappa shape index (κ3) is 5.92. The number of hydrogen-bond donors (Lipinski definition) is 0. The summed E-state index contributed by atoms with van der Waals surface area (Å²) in [5.74, 6) is -2.07. The van der Waals surface area contributed by atoms with Crippen LogP contribution in [0.25, 0.3) is 0 Å². The summed E-state index contributed by atoms with van der Waals surface area (Å²) in [6.07, 6.45) is 3.16. The van der Waals surface area contributed by atoms with Crippen LogP contribution in [-0.4, -0.2) is 15.7 Å². The van der Waals surface area contributed by atoms with Crippen LogP contribution in [0.15, 0.2) is 0 Å². The Morgan fingerprint density at radius 1 is 1.25 bits per heavy atom. The normalized spacial score (nSPS) is 13.3. The van der Waals surface area contributed by atoms with Crippen molar-refractivity contribution in [2.24, 2.45) is 5.92 Å². The van der Waals surface area contributed by atoms with Gasteiger partial charge in [-0.05, 0) is 12.8 Å². The third-order valence-electron chi connectivity index (χ3n) is 2.16. The van der Waals surface area contributed by atoms with Crippen LogP contribution in [0, 0.1) is 5.92 Å². The highest BCUT2D eigenvalue weighted by Gasteiger charge is 2.35. The maximum absolute atomic E-state index is 11.5. The average molecular weight is 290 g/mol. The van der Waals surface area contributed by atoms with Crippen molar-refractivity contribution < 1.29 is 14.3 Å². The fourth-order valence-electron chi connectivity index (χ4n) is 1.17. The zero-order valence-electron chi connectivity index (χ0n) is 9.26. The fourth-order valence-corrected chi connectivity index (χ4v) is 1.29. The first-order valence-corrected chi connectivity index (χ1v) is 6.29. The maximum Gasteiger partial charge on any atom is 0.366 e. The predicted octanol–water partition coefficient (Wildman–Crippen LogP) is 3.64. The molecule has 0 amide bonds. The highest BCUT2D eigenvalue weighted by Crippen LogP contribution is 2.28. The molecule has 94 valence electrons. The third-order valence-corrected chi connectivity index (χ3v) is 2.62. The standard InChI is InChI=1S/C10H15Cl3O3/c1-3-5-6-7(4-2)8(14)16-9(15)10(11,12)13/h7H,3-6H2,1-2H3. The molecule has 6 heteroatoms. The predicted molar refractivity (Wildman–Crippen MR) is 64.7 cm³/mol. The van der Waals surface area contributed by atoms with Crippen LogP contribution < -0.4 is 0 Å². The van der Waals surface area contributed by atoms with Gasteiger partial charge in [0.25, 0.3) is 3.79 Å². The van der Waals surface area contributed by atoms with E-state index in [9.17, 15) is 9.59 Å². The van der Waals surface area contributed by atoms with E-state index in [0.29, 0.717) is 12.8 Å². The van der Waals surface area contributed by atoms with Crippen molar-refractivity contribution in [1.29, 1.82) is 0 Å². The molecule has 0 radical (unpaired) electrons. The molecule has 0 aromatic carbocycles. The second-order valence-corrected chi connectivity index (χ2v) is 5.73. The molecule has 0 spiro atoms. The number of halogens is 3. The molecule has 0 bridgehead atoms. The van der Waals surface area contributed by atoms with Crippen LogP contribution in [0.4, 0.5) is 0 Å². The lowest BCUT2D eigenvalue weighted by molar-refractivity contribution is -0.162. The van der Waals surface area contributed by atoms with Gasteiger partial charge in [0, 0.05) is 0 Å². The second-order valence-electron chi connectivity index (χ2n) is 3.45. The molecular weight excluding hydrogens is 274 g/mol. The Kier molecular flexibility index (Phi) is 7.36. The van der Waals surface area contributed by atoms with Gasteiger partial charge in [-0.1, -0.05) is 61.5 Å². The van der Waals surface area contributed by atoms with Gasteiger partial charge in [0.05, 0.1) is 5.92 Å². The molecule has 3 nitrogen and oxygen atoms in total. The van der Waals surface area contributed by atoms with Crippen LogP contribution in [0.3, 0.4) is 0 Å². The summed E-state index contributed by atoms with van der Waals surface area (Å²) in [5, 5.41) is 0. The topological polar surface area (TPSA) is 43.4 Å². The van der Waals surface area contributed by atoms with Crippen molar-refractivity contribution in [2.75, 3.05) is 0 Å². The molecule has 0 aliphatic heterocycles. The molecule has 0 N–H and O–H groups in total. The minimum absolute atomic E-state index is 0.309. The van der Waals surface area contributed by atoms with Gasteiger partial charge in [0.2, 0.25) is 0 Å². The summed E-state index contributed by atoms with van der Waals surface area (Å²) in [7, 11) is 0. The zero-order valence-corrected chi connectivity index (χ0v) is 11.5. The number of unbranched alkanes of at least 4 members (excludes halogenated alkanes) is 1.